The van der Waals surface area contributed by atoms with Crippen molar-refractivity contribution < 1.29 is 19.3 Å². The molecule has 0 radical (unpaired) electrons. The van der Waals surface area contributed by atoms with Gasteiger partial charge in [-0.2, -0.15) is 0 Å². The normalized spacial score (nSPS) is 10.5. The van der Waals surface area contributed by atoms with Crippen LogP contribution in [-0.2, 0) is 6.54 Å². The molecule has 1 N–H and O–H groups in total. The second-order valence-corrected chi connectivity index (χ2v) is 6.59. The highest BCUT2D eigenvalue weighted by atomic mass is 35.5. The summed E-state index contributed by atoms with van der Waals surface area (Å²) in [6, 6.07) is 19.1. The first kappa shape index (κ1) is 21.3. The zero-order chi connectivity index (χ0) is 20.4. The number of nitrogens with zero attached hydrogens (tertiary/aromatic N) is 2. The Hall–Kier alpha value is -3.38. The van der Waals surface area contributed by atoms with Gasteiger partial charge in [-0.05, 0) is 29.8 Å². The highest BCUT2D eigenvalue weighted by molar-refractivity contribution is 5.85. The minimum absolute atomic E-state index is 0. The first-order chi connectivity index (χ1) is 14.1. The smallest absolute Gasteiger partial charge is 0.203 e. The Bertz CT molecular complexity index is 1130. The maximum atomic E-state index is 10.0. The summed E-state index contributed by atoms with van der Waals surface area (Å²) in [7, 11) is 4.76. The zero-order valence-corrected chi connectivity index (χ0v) is 17.8. The third-order valence-corrected chi connectivity index (χ3v) is 4.84. The lowest BCUT2D eigenvalue weighted by Crippen LogP contribution is -2.03. The van der Waals surface area contributed by atoms with E-state index in [0.717, 1.165) is 28.0 Å². The van der Waals surface area contributed by atoms with E-state index in [-0.39, 0.29) is 18.2 Å². The maximum Gasteiger partial charge on any atom is 0.203 e. The predicted molar refractivity (Wildman–Crippen MR) is 119 cm³/mol. The standard InChI is InChI=1S/C23H22N2O4.ClH/c1-27-20-11-16(12-21(28-2)22(20)29-3)23-24-18-10-9-17(26)13-19(18)25(23)14-15-7-5-4-6-8-15;/h4-13,26H,14H2,1-3H3;1H. The molecular weight excluding hydrogens is 404 g/mol. The van der Waals surface area contributed by atoms with E-state index < -0.39 is 0 Å². The molecule has 1 aromatic heterocycles. The Balaban J connectivity index is 0.00000256. The fourth-order valence-electron chi connectivity index (χ4n) is 3.47. The van der Waals surface area contributed by atoms with E-state index in [1.54, 1.807) is 33.5 Å². The van der Waals surface area contributed by atoms with Crippen molar-refractivity contribution in [1.29, 1.82) is 0 Å². The number of fused-ring (bicyclic) bond motifs is 1. The maximum absolute atomic E-state index is 10.0. The van der Waals surface area contributed by atoms with Gasteiger partial charge in [0.2, 0.25) is 5.75 Å². The zero-order valence-electron chi connectivity index (χ0n) is 17.0. The van der Waals surface area contributed by atoms with Gasteiger partial charge in [-0.1, -0.05) is 30.3 Å². The van der Waals surface area contributed by atoms with E-state index in [2.05, 4.69) is 16.7 Å². The van der Waals surface area contributed by atoms with Crippen LogP contribution >= 0.6 is 12.4 Å². The number of methoxy groups -OCH3 is 3. The number of phenolic OH excluding ortho intramolecular Hbond substituents is 1. The van der Waals surface area contributed by atoms with Crippen LogP contribution in [0.15, 0.2) is 60.7 Å². The Morgan fingerprint density at radius 1 is 0.867 bits per heavy atom. The first-order valence-electron chi connectivity index (χ1n) is 9.18. The van der Waals surface area contributed by atoms with Crippen LogP contribution in [-0.4, -0.2) is 36.0 Å². The monoisotopic (exact) mass is 426 g/mol. The van der Waals surface area contributed by atoms with Crippen molar-refractivity contribution in [3.63, 3.8) is 0 Å². The Morgan fingerprint density at radius 2 is 1.53 bits per heavy atom. The molecule has 0 bridgehead atoms. The van der Waals surface area contributed by atoms with Gasteiger partial charge in [-0.3, -0.25) is 0 Å². The number of benzene rings is 3. The van der Waals surface area contributed by atoms with Crippen LogP contribution in [0.2, 0.25) is 0 Å². The van der Waals surface area contributed by atoms with Crippen LogP contribution in [0.5, 0.6) is 23.0 Å². The van der Waals surface area contributed by atoms with Gasteiger partial charge in [0, 0.05) is 18.2 Å². The molecule has 0 aliphatic rings. The van der Waals surface area contributed by atoms with E-state index in [1.807, 2.05) is 36.4 Å². The van der Waals surface area contributed by atoms with Gasteiger partial charge in [0.25, 0.3) is 0 Å². The fourth-order valence-corrected chi connectivity index (χ4v) is 3.47. The SMILES string of the molecule is COc1cc(-c2nc3ccc(O)cc3n2Cc2ccccc2)cc(OC)c1OC.Cl. The lowest BCUT2D eigenvalue weighted by molar-refractivity contribution is 0.324. The molecule has 4 rings (SSSR count). The van der Waals surface area contributed by atoms with Crippen LogP contribution in [0, 0.1) is 0 Å². The van der Waals surface area contributed by atoms with E-state index in [0.29, 0.717) is 23.8 Å². The summed E-state index contributed by atoms with van der Waals surface area (Å²) in [5.41, 5.74) is 3.59. The number of hydrogen-bond acceptors (Lipinski definition) is 5. The number of rotatable bonds is 6. The topological polar surface area (TPSA) is 65.7 Å². The molecule has 156 valence electrons. The summed E-state index contributed by atoms with van der Waals surface area (Å²) >= 11 is 0. The van der Waals surface area contributed by atoms with Crippen molar-refractivity contribution in [3.05, 3.63) is 66.2 Å². The summed E-state index contributed by atoms with van der Waals surface area (Å²) in [6.45, 7) is 0.604. The van der Waals surface area contributed by atoms with Crippen LogP contribution in [0.1, 0.15) is 5.56 Å². The molecule has 3 aromatic carbocycles. The molecule has 0 spiro atoms. The van der Waals surface area contributed by atoms with E-state index in [4.69, 9.17) is 19.2 Å². The van der Waals surface area contributed by atoms with Gasteiger partial charge in [0.15, 0.2) is 11.5 Å². The second-order valence-electron chi connectivity index (χ2n) is 6.59. The molecule has 4 aromatic rings. The molecule has 1 heterocycles. The number of aromatic nitrogens is 2. The number of aromatic hydroxyl groups is 1. The summed E-state index contributed by atoms with van der Waals surface area (Å²) in [4.78, 5) is 4.83. The molecule has 0 aliphatic carbocycles. The van der Waals surface area contributed by atoms with Crippen molar-refractivity contribution >= 4 is 23.4 Å². The first-order valence-corrected chi connectivity index (χ1v) is 9.18. The number of imidazole rings is 1. The number of hydrogen-bond donors (Lipinski definition) is 1. The van der Waals surface area contributed by atoms with Gasteiger partial charge in [0.05, 0.1) is 32.4 Å². The summed E-state index contributed by atoms with van der Waals surface area (Å²) in [6.07, 6.45) is 0. The highest BCUT2D eigenvalue weighted by Crippen LogP contribution is 2.41. The third kappa shape index (κ3) is 3.86. The van der Waals surface area contributed by atoms with Crippen LogP contribution in [0.25, 0.3) is 22.4 Å². The minimum Gasteiger partial charge on any atom is -0.508 e. The Labute approximate surface area is 181 Å². The lowest BCUT2D eigenvalue weighted by atomic mass is 10.1. The van der Waals surface area contributed by atoms with E-state index >= 15 is 0 Å². The van der Waals surface area contributed by atoms with Crippen molar-refractivity contribution in [3.8, 4) is 34.4 Å². The van der Waals surface area contributed by atoms with Gasteiger partial charge in [-0.15, -0.1) is 12.4 Å². The van der Waals surface area contributed by atoms with Crippen LogP contribution in [0.3, 0.4) is 0 Å². The number of phenols is 1. The summed E-state index contributed by atoms with van der Waals surface area (Å²) < 4.78 is 18.5. The third-order valence-electron chi connectivity index (χ3n) is 4.84. The molecule has 30 heavy (non-hydrogen) atoms. The minimum atomic E-state index is 0. The Kier molecular flexibility index (Phi) is 6.37. The highest BCUT2D eigenvalue weighted by Gasteiger charge is 2.19. The van der Waals surface area contributed by atoms with Gasteiger partial charge < -0.3 is 23.9 Å². The van der Waals surface area contributed by atoms with Gasteiger partial charge >= 0.3 is 0 Å². The average Bonchev–Trinajstić information content (AvgIpc) is 3.10. The molecule has 0 atom stereocenters. The summed E-state index contributed by atoms with van der Waals surface area (Å²) in [5.74, 6) is 2.59. The largest absolute Gasteiger partial charge is 0.508 e. The second kappa shape index (κ2) is 8.97. The molecule has 6 nitrogen and oxygen atoms in total. The number of ether oxygens (including phenoxy) is 3. The van der Waals surface area contributed by atoms with Crippen molar-refractivity contribution in [2.24, 2.45) is 0 Å². The summed E-state index contributed by atoms with van der Waals surface area (Å²) in [5, 5.41) is 10.0. The van der Waals surface area contributed by atoms with Crippen LogP contribution < -0.4 is 14.2 Å². The van der Waals surface area contributed by atoms with Crippen molar-refractivity contribution in [2.75, 3.05) is 21.3 Å². The van der Waals surface area contributed by atoms with Gasteiger partial charge in [0.1, 0.15) is 11.6 Å². The quantitative estimate of drug-likeness (QED) is 0.474. The average molecular weight is 427 g/mol. The molecule has 0 saturated heterocycles. The molecule has 0 amide bonds. The number of halogens is 1. The van der Waals surface area contributed by atoms with Gasteiger partial charge in [-0.25, -0.2) is 4.98 Å². The van der Waals surface area contributed by atoms with E-state index in [9.17, 15) is 5.11 Å². The molecule has 0 aliphatic heterocycles. The van der Waals surface area contributed by atoms with Crippen molar-refractivity contribution in [1.82, 2.24) is 9.55 Å². The molecule has 0 fully saturated rings. The molecule has 0 unspecified atom stereocenters. The molecular formula is C23H23ClN2O4. The van der Waals surface area contributed by atoms with Crippen LogP contribution in [0.4, 0.5) is 0 Å². The lowest BCUT2D eigenvalue weighted by Gasteiger charge is -2.15. The Morgan fingerprint density at radius 3 is 2.13 bits per heavy atom. The van der Waals surface area contributed by atoms with Crippen molar-refractivity contribution in [2.45, 2.75) is 6.54 Å². The predicted octanol–water partition coefficient (Wildman–Crippen LogP) is 4.90. The molecule has 7 heteroatoms. The van der Waals surface area contributed by atoms with E-state index in [1.165, 1.54) is 0 Å². The fraction of sp³-hybridized carbons (Fsp3) is 0.174. The molecule has 0 saturated carbocycles.